The van der Waals surface area contributed by atoms with Crippen LogP contribution in [-0.2, 0) is 10.2 Å². The molecule has 2 fully saturated rings. The molecule has 0 radical (unpaired) electrons. The summed E-state index contributed by atoms with van der Waals surface area (Å²) in [5.74, 6) is 0. The molecule has 98 valence electrons. The molecule has 2 heteroatoms. The highest BCUT2D eigenvalue weighted by Gasteiger charge is 2.42. The smallest absolute Gasteiger partial charge is 0.0589 e. The first kappa shape index (κ1) is 12.2. The molecule has 2 nitrogen and oxygen atoms in total. The van der Waals surface area contributed by atoms with Crippen molar-refractivity contribution in [2.24, 2.45) is 0 Å². The van der Waals surface area contributed by atoms with Gasteiger partial charge in [0.05, 0.1) is 12.2 Å². The summed E-state index contributed by atoms with van der Waals surface area (Å²) in [6, 6.07) is 8.99. The van der Waals surface area contributed by atoms with Crippen LogP contribution in [0.4, 0.5) is 0 Å². The summed E-state index contributed by atoms with van der Waals surface area (Å²) < 4.78 is 6.02. The van der Waals surface area contributed by atoms with Gasteiger partial charge >= 0.3 is 0 Å². The first-order valence-corrected chi connectivity index (χ1v) is 7.11. The molecule has 2 heterocycles. The molecule has 2 atom stereocenters. The van der Waals surface area contributed by atoms with Crippen LogP contribution in [0.1, 0.15) is 37.3 Å². The largest absolute Gasteiger partial charge is 0.375 e. The van der Waals surface area contributed by atoms with Crippen LogP contribution in [0.3, 0.4) is 0 Å². The van der Waals surface area contributed by atoms with Crippen LogP contribution in [0.5, 0.6) is 0 Å². The van der Waals surface area contributed by atoms with E-state index >= 15 is 0 Å². The second kappa shape index (κ2) is 4.67. The van der Waals surface area contributed by atoms with E-state index in [-0.39, 0.29) is 0 Å². The summed E-state index contributed by atoms with van der Waals surface area (Å²) in [6.07, 6.45) is 4.55. The number of hydrogen-bond acceptors (Lipinski definition) is 2. The minimum absolute atomic E-state index is 0.320. The van der Waals surface area contributed by atoms with Gasteiger partial charge in [0.15, 0.2) is 0 Å². The van der Waals surface area contributed by atoms with E-state index in [1.165, 1.54) is 30.4 Å². The lowest BCUT2D eigenvalue weighted by Crippen LogP contribution is -2.58. The van der Waals surface area contributed by atoms with Crippen LogP contribution in [0, 0.1) is 6.92 Å². The Morgan fingerprint density at radius 1 is 1.33 bits per heavy atom. The van der Waals surface area contributed by atoms with E-state index in [1.807, 2.05) is 0 Å². The van der Waals surface area contributed by atoms with Gasteiger partial charge in [-0.1, -0.05) is 29.8 Å². The molecule has 2 unspecified atom stereocenters. The Morgan fingerprint density at radius 3 is 2.72 bits per heavy atom. The Hall–Kier alpha value is -0.860. The topological polar surface area (TPSA) is 21.3 Å². The molecule has 0 aromatic heterocycles. The van der Waals surface area contributed by atoms with Gasteiger partial charge in [0.1, 0.15) is 0 Å². The van der Waals surface area contributed by atoms with Gasteiger partial charge in [-0.2, -0.15) is 0 Å². The molecule has 18 heavy (non-hydrogen) atoms. The zero-order valence-electron chi connectivity index (χ0n) is 11.4. The average Bonchev–Trinajstić information content (AvgIpc) is 2.69. The van der Waals surface area contributed by atoms with E-state index in [0.29, 0.717) is 17.6 Å². The van der Waals surface area contributed by atoms with E-state index in [9.17, 15) is 0 Å². The zero-order chi connectivity index (χ0) is 12.6. The van der Waals surface area contributed by atoms with Crippen LogP contribution >= 0.6 is 0 Å². The van der Waals surface area contributed by atoms with Crippen molar-refractivity contribution in [2.75, 3.05) is 13.1 Å². The Labute approximate surface area is 110 Å². The van der Waals surface area contributed by atoms with Gasteiger partial charge in [0, 0.05) is 18.5 Å². The highest BCUT2D eigenvalue weighted by atomic mass is 16.5. The predicted octanol–water partition coefficient (Wildman–Crippen LogP) is 2.79. The third-order valence-corrected chi connectivity index (χ3v) is 4.50. The standard InChI is InChI=1S/C16H23NO/c1-12-4-3-5-14(8-12)16(10-17-11-16)9-15-7-6-13(2)18-15/h3-5,8,13,15,17H,6-7,9-11H2,1-2H3. The lowest BCUT2D eigenvalue weighted by atomic mass is 9.71. The van der Waals surface area contributed by atoms with Crippen molar-refractivity contribution >= 4 is 0 Å². The van der Waals surface area contributed by atoms with E-state index in [2.05, 4.69) is 43.4 Å². The molecule has 0 bridgehead atoms. The molecule has 2 saturated heterocycles. The maximum absolute atomic E-state index is 6.02. The van der Waals surface area contributed by atoms with E-state index < -0.39 is 0 Å². The minimum atomic E-state index is 0.320. The molecule has 0 amide bonds. The average molecular weight is 245 g/mol. The summed E-state index contributed by atoms with van der Waals surface area (Å²) in [7, 11) is 0. The fourth-order valence-corrected chi connectivity index (χ4v) is 3.34. The number of nitrogens with one attached hydrogen (secondary N) is 1. The third-order valence-electron chi connectivity index (χ3n) is 4.50. The van der Waals surface area contributed by atoms with Crippen molar-refractivity contribution < 1.29 is 4.74 Å². The van der Waals surface area contributed by atoms with Gasteiger partial charge in [-0.25, -0.2) is 0 Å². The predicted molar refractivity (Wildman–Crippen MR) is 73.9 cm³/mol. The van der Waals surface area contributed by atoms with Crippen molar-refractivity contribution in [3.63, 3.8) is 0 Å². The number of hydrogen-bond donors (Lipinski definition) is 1. The van der Waals surface area contributed by atoms with Gasteiger partial charge in [0.25, 0.3) is 0 Å². The first-order valence-electron chi connectivity index (χ1n) is 7.11. The summed E-state index contributed by atoms with van der Waals surface area (Å²) in [4.78, 5) is 0. The molecular weight excluding hydrogens is 222 g/mol. The SMILES string of the molecule is Cc1cccc(C2(CC3CCC(C)O3)CNC2)c1. The second-order valence-electron chi connectivity index (χ2n) is 6.10. The maximum atomic E-state index is 6.02. The van der Waals surface area contributed by atoms with Crippen LogP contribution in [0.25, 0.3) is 0 Å². The van der Waals surface area contributed by atoms with Crippen LogP contribution in [0.2, 0.25) is 0 Å². The molecule has 1 aromatic carbocycles. The Morgan fingerprint density at radius 2 is 2.17 bits per heavy atom. The third kappa shape index (κ3) is 2.19. The summed E-state index contributed by atoms with van der Waals surface area (Å²) >= 11 is 0. The molecule has 2 aliphatic rings. The molecule has 1 aromatic rings. The number of aryl methyl sites for hydroxylation is 1. The molecule has 0 spiro atoms. The maximum Gasteiger partial charge on any atom is 0.0589 e. The lowest BCUT2D eigenvalue weighted by molar-refractivity contribution is 0.0273. The van der Waals surface area contributed by atoms with Crippen LogP contribution in [-0.4, -0.2) is 25.3 Å². The number of ether oxygens (including phenoxy) is 1. The fraction of sp³-hybridized carbons (Fsp3) is 0.625. The zero-order valence-corrected chi connectivity index (χ0v) is 11.4. The fourth-order valence-electron chi connectivity index (χ4n) is 3.34. The normalized spacial score (nSPS) is 30.1. The van der Waals surface area contributed by atoms with Crippen molar-refractivity contribution in [1.82, 2.24) is 5.32 Å². The highest BCUT2D eigenvalue weighted by Crippen LogP contribution is 2.37. The Bertz CT molecular complexity index is 425. The summed E-state index contributed by atoms with van der Waals surface area (Å²) in [6.45, 7) is 6.57. The van der Waals surface area contributed by atoms with E-state index in [1.54, 1.807) is 0 Å². The van der Waals surface area contributed by atoms with Crippen LogP contribution < -0.4 is 5.32 Å². The Kier molecular flexibility index (Phi) is 3.16. The highest BCUT2D eigenvalue weighted by molar-refractivity contribution is 5.33. The monoisotopic (exact) mass is 245 g/mol. The van der Waals surface area contributed by atoms with E-state index in [0.717, 1.165) is 13.1 Å². The van der Waals surface area contributed by atoms with Crippen molar-refractivity contribution in [3.8, 4) is 0 Å². The molecular formula is C16H23NO. The van der Waals surface area contributed by atoms with Crippen LogP contribution in [0.15, 0.2) is 24.3 Å². The first-order chi connectivity index (χ1) is 8.68. The van der Waals surface area contributed by atoms with Gasteiger partial charge in [0.2, 0.25) is 0 Å². The second-order valence-corrected chi connectivity index (χ2v) is 6.10. The molecule has 1 N–H and O–H groups in total. The number of rotatable bonds is 3. The minimum Gasteiger partial charge on any atom is -0.375 e. The quantitative estimate of drug-likeness (QED) is 0.884. The van der Waals surface area contributed by atoms with Gasteiger partial charge in [-0.05, 0) is 38.7 Å². The summed E-state index contributed by atoms with van der Waals surface area (Å²) in [5.41, 5.74) is 3.17. The number of benzene rings is 1. The van der Waals surface area contributed by atoms with E-state index in [4.69, 9.17) is 4.74 Å². The molecule has 2 aliphatic heterocycles. The Balaban J connectivity index is 1.78. The van der Waals surface area contributed by atoms with Crippen molar-refractivity contribution in [2.45, 2.75) is 50.7 Å². The van der Waals surface area contributed by atoms with Gasteiger partial charge < -0.3 is 10.1 Å². The van der Waals surface area contributed by atoms with Crippen molar-refractivity contribution in [1.29, 1.82) is 0 Å². The van der Waals surface area contributed by atoms with Crippen molar-refractivity contribution in [3.05, 3.63) is 35.4 Å². The molecule has 3 rings (SSSR count). The lowest BCUT2D eigenvalue weighted by Gasteiger charge is -2.45. The van der Waals surface area contributed by atoms with Gasteiger partial charge in [-0.15, -0.1) is 0 Å². The molecule has 0 aliphatic carbocycles. The van der Waals surface area contributed by atoms with Gasteiger partial charge in [-0.3, -0.25) is 0 Å². The summed E-state index contributed by atoms with van der Waals surface area (Å²) in [5, 5.41) is 3.45. The molecule has 0 saturated carbocycles.